The largest absolute Gasteiger partial charge is 0.462 e. The minimum Gasteiger partial charge on any atom is -0.462 e. The molecule has 0 aromatic heterocycles. The number of hydrogen-bond acceptors (Lipinski definition) is 3. The van der Waals surface area contributed by atoms with Crippen LogP contribution in [0.5, 0.6) is 0 Å². The molecule has 1 aromatic rings. The van der Waals surface area contributed by atoms with Gasteiger partial charge >= 0.3 is 12.1 Å². The lowest BCUT2D eigenvalue weighted by Crippen LogP contribution is -2.10. The summed E-state index contributed by atoms with van der Waals surface area (Å²) < 4.78 is 41.7. The van der Waals surface area contributed by atoms with E-state index in [4.69, 9.17) is 5.11 Å². The van der Waals surface area contributed by atoms with Gasteiger partial charge in [-0.3, -0.25) is 0 Å². The summed E-state index contributed by atoms with van der Waals surface area (Å²) in [6.45, 7) is -0.165. The van der Waals surface area contributed by atoms with E-state index in [0.29, 0.717) is 0 Å². The molecule has 94 valence electrons. The number of carbonyl (C=O) groups is 1. The van der Waals surface area contributed by atoms with Gasteiger partial charge < -0.3 is 9.84 Å². The minimum absolute atomic E-state index is 0.0222. The maximum absolute atomic E-state index is 12.4. The Labute approximate surface area is 95.8 Å². The van der Waals surface area contributed by atoms with Gasteiger partial charge in [0.2, 0.25) is 0 Å². The molecular formula is C11H11F3O3. The molecule has 0 aliphatic heterocycles. The minimum atomic E-state index is -4.48. The molecule has 0 radical (unpaired) electrons. The second kappa shape index (κ2) is 5.67. The van der Waals surface area contributed by atoms with Crippen LogP contribution >= 0.6 is 0 Å². The van der Waals surface area contributed by atoms with Crippen molar-refractivity contribution in [2.24, 2.45) is 0 Å². The van der Waals surface area contributed by atoms with E-state index in [1.807, 2.05) is 0 Å². The Bertz CT molecular complexity index is 388. The summed E-state index contributed by atoms with van der Waals surface area (Å²) in [5, 5.41) is 8.46. The highest BCUT2D eigenvalue weighted by molar-refractivity contribution is 5.89. The highest BCUT2D eigenvalue weighted by Gasteiger charge is 2.30. The quantitative estimate of drug-likeness (QED) is 0.656. The number of hydrogen-bond donors (Lipinski definition) is 1. The van der Waals surface area contributed by atoms with E-state index < -0.39 is 17.7 Å². The molecule has 6 heteroatoms. The van der Waals surface area contributed by atoms with Crippen molar-refractivity contribution in [1.82, 2.24) is 0 Å². The van der Waals surface area contributed by atoms with Crippen LogP contribution in [0.1, 0.15) is 22.3 Å². The number of aliphatic hydroxyl groups excluding tert-OH is 1. The molecular weight excluding hydrogens is 237 g/mol. The number of aliphatic hydroxyl groups is 1. The lowest BCUT2D eigenvalue weighted by atomic mass is 10.1. The van der Waals surface area contributed by atoms with Gasteiger partial charge in [-0.1, -0.05) is 6.07 Å². The van der Waals surface area contributed by atoms with Crippen molar-refractivity contribution < 1.29 is 27.8 Å². The van der Waals surface area contributed by atoms with Crippen LogP contribution in [-0.4, -0.2) is 24.3 Å². The number of halogens is 3. The molecule has 0 bridgehead atoms. The highest BCUT2D eigenvalue weighted by atomic mass is 19.4. The van der Waals surface area contributed by atoms with E-state index >= 15 is 0 Å². The standard InChI is InChI=1S/C11H11F3O3/c12-11(13,14)9-4-1-3-8(7-9)10(16)17-6-2-5-15/h1,3-4,7,15H,2,5-6H2. The number of ether oxygens (including phenoxy) is 1. The van der Waals surface area contributed by atoms with Crippen molar-refractivity contribution in [3.8, 4) is 0 Å². The smallest absolute Gasteiger partial charge is 0.416 e. The summed E-state index contributed by atoms with van der Waals surface area (Å²) >= 11 is 0. The number of esters is 1. The molecule has 0 atom stereocenters. The van der Waals surface area contributed by atoms with Gasteiger partial charge in [0.1, 0.15) is 0 Å². The second-order valence-electron chi connectivity index (χ2n) is 3.29. The van der Waals surface area contributed by atoms with Crippen molar-refractivity contribution in [1.29, 1.82) is 0 Å². The predicted octanol–water partition coefficient (Wildman–Crippen LogP) is 2.24. The third-order valence-corrected chi connectivity index (χ3v) is 1.96. The van der Waals surface area contributed by atoms with Crippen LogP contribution in [0.25, 0.3) is 0 Å². The Morgan fingerprint density at radius 3 is 2.65 bits per heavy atom. The molecule has 0 fully saturated rings. The monoisotopic (exact) mass is 248 g/mol. The molecule has 3 nitrogen and oxygen atoms in total. The van der Waals surface area contributed by atoms with Gasteiger partial charge in [-0.25, -0.2) is 4.79 Å². The first kappa shape index (κ1) is 13.5. The van der Waals surface area contributed by atoms with Crippen molar-refractivity contribution in [2.45, 2.75) is 12.6 Å². The van der Waals surface area contributed by atoms with Crippen molar-refractivity contribution in [3.05, 3.63) is 35.4 Å². The third-order valence-electron chi connectivity index (χ3n) is 1.96. The van der Waals surface area contributed by atoms with Gasteiger partial charge in [-0.2, -0.15) is 13.2 Å². The maximum atomic E-state index is 12.4. The summed E-state index contributed by atoms with van der Waals surface area (Å²) in [6.07, 6.45) is -4.23. The van der Waals surface area contributed by atoms with Crippen molar-refractivity contribution in [3.63, 3.8) is 0 Å². The van der Waals surface area contributed by atoms with Crippen LogP contribution < -0.4 is 0 Å². The van der Waals surface area contributed by atoms with Gasteiger partial charge in [-0.15, -0.1) is 0 Å². The molecule has 1 aromatic carbocycles. The Balaban J connectivity index is 2.74. The van der Waals surface area contributed by atoms with Crippen molar-refractivity contribution >= 4 is 5.97 Å². The summed E-state index contributed by atoms with van der Waals surface area (Å²) in [7, 11) is 0. The Morgan fingerprint density at radius 1 is 1.35 bits per heavy atom. The Kier molecular flexibility index (Phi) is 4.51. The molecule has 0 aliphatic carbocycles. The topological polar surface area (TPSA) is 46.5 Å². The fourth-order valence-electron chi connectivity index (χ4n) is 1.14. The van der Waals surface area contributed by atoms with E-state index in [0.717, 1.165) is 18.2 Å². The van der Waals surface area contributed by atoms with E-state index in [1.165, 1.54) is 6.07 Å². The Morgan fingerprint density at radius 2 is 2.06 bits per heavy atom. The van der Waals surface area contributed by atoms with Crippen LogP contribution in [0, 0.1) is 0 Å². The first-order chi connectivity index (χ1) is 7.95. The fraction of sp³-hybridized carbons (Fsp3) is 0.364. The van der Waals surface area contributed by atoms with Crippen LogP contribution in [0.4, 0.5) is 13.2 Å². The average Bonchev–Trinajstić information content (AvgIpc) is 2.28. The van der Waals surface area contributed by atoms with Gasteiger partial charge in [0.05, 0.1) is 17.7 Å². The van der Waals surface area contributed by atoms with Gasteiger partial charge in [0, 0.05) is 13.0 Å². The number of carbonyl (C=O) groups excluding carboxylic acids is 1. The summed E-state index contributed by atoms with van der Waals surface area (Å²) in [6, 6.07) is 4.01. The number of rotatable bonds is 4. The first-order valence-corrected chi connectivity index (χ1v) is 4.90. The average molecular weight is 248 g/mol. The summed E-state index contributed by atoms with van der Waals surface area (Å²) in [5.74, 6) is -0.829. The van der Waals surface area contributed by atoms with Crippen molar-refractivity contribution in [2.75, 3.05) is 13.2 Å². The van der Waals surface area contributed by atoms with Crippen LogP contribution in [0.2, 0.25) is 0 Å². The molecule has 1 N–H and O–H groups in total. The van der Waals surface area contributed by atoms with Crippen LogP contribution in [0.15, 0.2) is 24.3 Å². The summed E-state index contributed by atoms with van der Waals surface area (Å²) in [5.41, 5.74) is -1.05. The van der Waals surface area contributed by atoms with E-state index in [1.54, 1.807) is 0 Å². The SMILES string of the molecule is O=C(OCCCO)c1cccc(C(F)(F)F)c1. The van der Waals surface area contributed by atoms with Gasteiger partial charge in [0.25, 0.3) is 0 Å². The molecule has 0 heterocycles. The molecule has 0 spiro atoms. The molecule has 1 rings (SSSR count). The maximum Gasteiger partial charge on any atom is 0.416 e. The van der Waals surface area contributed by atoms with Crippen LogP contribution in [-0.2, 0) is 10.9 Å². The predicted molar refractivity (Wildman–Crippen MR) is 53.4 cm³/mol. The van der Waals surface area contributed by atoms with Crippen LogP contribution in [0.3, 0.4) is 0 Å². The Hall–Kier alpha value is -1.56. The third kappa shape index (κ3) is 4.07. The van der Waals surface area contributed by atoms with E-state index in [2.05, 4.69) is 4.74 Å². The molecule has 17 heavy (non-hydrogen) atoms. The molecule has 0 saturated carbocycles. The molecule has 0 saturated heterocycles. The van der Waals surface area contributed by atoms with E-state index in [-0.39, 0.29) is 25.2 Å². The highest BCUT2D eigenvalue weighted by Crippen LogP contribution is 2.29. The number of benzene rings is 1. The zero-order valence-corrected chi connectivity index (χ0v) is 8.83. The van der Waals surface area contributed by atoms with Gasteiger partial charge in [-0.05, 0) is 18.2 Å². The molecule has 0 amide bonds. The lowest BCUT2D eigenvalue weighted by Gasteiger charge is -2.08. The fourth-order valence-corrected chi connectivity index (χ4v) is 1.14. The van der Waals surface area contributed by atoms with Gasteiger partial charge in [0.15, 0.2) is 0 Å². The second-order valence-corrected chi connectivity index (χ2v) is 3.29. The zero-order chi connectivity index (χ0) is 12.9. The zero-order valence-electron chi connectivity index (χ0n) is 8.83. The number of alkyl halides is 3. The summed E-state index contributed by atoms with van der Waals surface area (Å²) in [4.78, 5) is 11.3. The lowest BCUT2D eigenvalue weighted by molar-refractivity contribution is -0.137. The molecule has 0 unspecified atom stereocenters. The normalized spacial score (nSPS) is 11.3. The molecule has 0 aliphatic rings. The van der Waals surface area contributed by atoms with E-state index in [9.17, 15) is 18.0 Å². The first-order valence-electron chi connectivity index (χ1n) is 4.90.